The first-order chi connectivity index (χ1) is 11.0. The molecular formula is C16H15N3O3S. The minimum atomic E-state index is -0.329. The van der Waals surface area contributed by atoms with Crippen LogP contribution in [0.4, 0.5) is 0 Å². The standard InChI is InChI=1S/C16H15N3O3S/c1-10-3-5-12(6-4-10)8-15(21)22-9-13-18-19-14(20)7-11(2)17-16(19)23-13/h3-7H,8-9H2,1-2H3. The summed E-state index contributed by atoms with van der Waals surface area (Å²) in [6.07, 6.45) is 0.211. The Morgan fingerprint density at radius 1 is 1.26 bits per heavy atom. The molecule has 0 amide bonds. The zero-order valence-corrected chi connectivity index (χ0v) is 13.6. The molecule has 0 atom stereocenters. The largest absolute Gasteiger partial charge is 0.458 e. The lowest BCUT2D eigenvalue weighted by Crippen LogP contribution is -2.14. The fraction of sp³-hybridized carbons (Fsp3) is 0.250. The number of rotatable bonds is 4. The third-order valence-electron chi connectivity index (χ3n) is 3.24. The van der Waals surface area contributed by atoms with Gasteiger partial charge in [-0.2, -0.15) is 9.61 Å². The van der Waals surface area contributed by atoms with Crippen molar-refractivity contribution in [3.63, 3.8) is 0 Å². The van der Waals surface area contributed by atoms with Crippen molar-refractivity contribution >= 4 is 22.3 Å². The molecule has 0 aliphatic heterocycles. The molecule has 7 heteroatoms. The van der Waals surface area contributed by atoms with Crippen LogP contribution in [0.1, 0.15) is 21.8 Å². The lowest BCUT2D eigenvalue weighted by Gasteiger charge is -2.03. The van der Waals surface area contributed by atoms with Crippen molar-refractivity contribution < 1.29 is 9.53 Å². The van der Waals surface area contributed by atoms with Crippen molar-refractivity contribution in [2.75, 3.05) is 0 Å². The lowest BCUT2D eigenvalue weighted by molar-refractivity contribution is -0.144. The zero-order chi connectivity index (χ0) is 16.4. The van der Waals surface area contributed by atoms with Gasteiger partial charge in [0.25, 0.3) is 5.56 Å². The van der Waals surface area contributed by atoms with Crippen LogP contribution in [0, 0.1) is 13.8 Å². The molecule has 2 heterocycles. The topological polar surface area (TPSA) is 73.6 Å². The average Bonchev–Trinajstić information content (AvgIpc) is 2.91. The van der Waals surface area contributed by atoms with E-state index < -0.39 is 0 Å². The van der Waals surface area contributed by atoms with E-state index in [1.54, 1.807) is 6.92 Å². The normalized spacial score (nSPS) is 10.9. The Morgan fingerprint density at radius 3 is 2.74 bits per heavy atom. The van der Waals surface area contributed by atoms with Crippen molar-refractivity contribution in [2.45, 2.75) is 26.9 Å². The number of carbonyl (C=O) groups excluding carboxylic acids is 1. The van der Waals surface area contributed by atoms with Crippen molar-refractivity contribution in [2.24, 2.45) is 0 Å². The Kier molecular flexibility index (Phi) is 4.20. The van der Waals surface area contributed by atoms with Crippen LogP contribution in [-0.4, -0.2) is 20.6 Å². The highest BCUT2D eigenvalue weighted by Gasteiger charge is 2.10. The third kappa shape index (κ3) is 3.62. The van der Waals surface area contributed by atoms with Gasteiger partial charge in [-0.15, -0.1) is 0 Å². The summed E-state index contributed by atoms with van der Waals surface area (Å²) in [5.74, 6) is -0.329. The van der Waals surface area contributed by atoms with E-state index in [2.05, 4.69) is 10.1 Å². The molecule has 0 aliphatic rings. The van der Waals surface area contributed by atoms with Gasteiger partial charge in [0.15, 0.2) is 5.01 Å². The summed E-state index contributed by atoms with van der Waals surface area (Å²) in [5, 5.41) is 4.67. The van der Waals surface area contributed by atoms with Crippen molar-refractivity contribution in [1.29, 1.82) is 0 Å². The minimum absolute atomic E-state index is 0.0389. The maximum absolute atomic E-state index is 11.9. The number of aromatic nitrogens is 3. The molecule has 118 valence electrons. The average molecular weight is 329 g/mol. The van der Waals surface area contributed by atoms with Gasteiger partial charge in [0.2, 0.25) is 4.96 Å². The smallest absolute Gasteiger partial charge is 0.310 e. The number of fused-ring (bicyclic) bond motifs is 1. The molecule has 1 aromatic carbocycles. The molecule has 23 heavy (non-hydrogen) atoms. The van der Waals surface area contributed by atoms with E-state index in [1.807, 2.05) is 31.2 Å². The van der Waals surface area contributed by atoms with Crippen LogP contribution < -0.4 is 5.56 Å². The van der Waals surface area contributed by atoms with Gasteiger partial charge in [-0.1, -0.05) is 41.2 Å². The Labute approximate surface area is 136 Å². The molecule has 6 nitrogen and oxygen atoms in total. The molecule has 2 aromatic heterocycles. The molecule has 0 radical (unpaired) electrons. The van der Waals surface area contributed by atoms with Crippen LogP contribution in [0.3, 0.4) is 0 Å². The van der Waals surface area contributed by atoms with Crippen LogP contribution in [0.5, 0.6) is 0 Å². The van der Waals surface area contributed by atoms with E-state index in [-0.39, 0.29) is 24.6 Å². The van der Waals surface area contributed by atoms with Gasteiger partial charge < -0.3 is 4.74 Å². The number of carbonyl (C=O) groups is 1. The van der Waals surface area contributed by atoms with Crippen LogP contribution in [0.2, 0.25) is 0 Å². The lowest BCUT2D eigenvalue weighted by atomic mass is 10.1. The molecular weight excluding hydrogens is 314 g/mol. The van der Waals surface area contributed by atoms with Gasteiger partial charge in [-0.3, -0.25) is 9.59 Å². The third-order valence-corrected chi connectivity index (χ3v) is 4.12. The van der Waals surface area contributed by atoms with Crippen molar-refractivity contribution in [3.8, 4) is 0 Å². The summed E-state index contributed by atoms with van der Waals surface area (Å²) in [5.41, 5.74) is 2.45. The first-order valence-electron chi connectivity index (χ1n) is 7.09. The quantitative estimate of drug-likeness (QED) is 0.685. The molecule has 0 N–H and O–H groups in total. The molecule has 0 fully saturated rings. The van der Waals surface area contributed by atoms with Gasteiger partial charge in [0.05, 0.1) is 6.42 Å². The maximum atomic E-state index is 11.9. The Bertz CT molecular complexity index is 912. The summed E-state index contributed by atoms with van der Waals surface area (Å²) in [6.45, 7) is 3.78. The van der Waals surface area contributed by atoms with E-state index in [1.165, 1.54) is 21.9 Å². The second-order valence-electron chi connectivity index (χ2n) is 5.25. The maximum Gasteiger partial charge on any atom is 0.310 e. The molecule has 0 unspecified atom stereocenters. The Morgan fingerprint density at radius 2 is 2.00 bits per heavy atom. The second-order valence-corrected chi connectivity index (χ2v) is 6.29. The van der Waals surface area contributed by atoms with Gasteiger partial charge >= 0.3 is 5.97 Å². The number of hydrogen-bond acceptors (Lipinski definition) is 6. The predicted molar refractivity (Wildman–Crippen MR) is 86.6 cm³/mol. The van der Waals surface area contributed by atoms with Crippen LogP contribution in [-0.2, 0) is 22.6 Å². The first kappa shape index (κ1) is 15.4. The van der Waals surface area contributed by atoms with E-state index in [0.29, 0.717) is 15.7 Å². The molecule has 0 saturated heterocycles. The van der Waals surface area contributed by atoms with E-state index in [9.17, 15) is 9.59 Å². The number of hydrogen-bond donors (Lipinski definition) is 0. The van der Waals surface area contributed by atoms with Crippen LogP contribution >= 0.6 is 11.3 Å². The van der Waals surface area contributed by atoms with E-state index in [0.717, 1.165) is 11.1 Å². The summed E-state index contributed by atoms with van der Waals surface area (Å²) < 4.78 is 6.45. The van der Waals surface area contributed by atoms with Crippen molar-refractivity contribution in [3.05, 3.63) is 62.5 Å². The highest BCUT2D eigenvalue weighted by Crippen LogP contribution is 2.13. The Balaban J connectivity index is 1.66. The number of benzene rings is 1. The zero-order valence-electron chi connectivity index (χ0n) is 12.8. The minimum Gasteiger partial charge on any atom is -0.458 e. The highest BCUT2D eigenvalue weighted by molar-refractivity contribution is 7.16. The summed E-state index contributed by atoms with van der Waals surface area (Å²) in [7, 11) is 0. The fourth-order valence-corrected chi connectivity index (χ4v) is 2.94. The van der Waals surface area contributed by atoms with E-state index >= 15 is 0 Å². The summed E-state index contributed by atoms with van der Waals surface area (Å²) in [4.78, 5) is 28.4. The summed E-state index contributed by atoms with van der Waals surface area (Å²) in [6, 6.07) is 9.13. The Hall–Kier alpha value is -2.54. The molecule has 3 aromatic rings. The van der Waals surface area contributed by atoms with Gasteiger partial charge in [0.1, 0.15) is 6.61 Å². The SMILES string of the molecule is Cc1ccc(CC(=O)OCc2nn3c(=O)cc(C)nc3s2)cc1. The molecule has 0 saturated carbocycles. The summed E-state index contributed by atoms with van der Waals surface area (Å²) >= 11 is 1.24. The molecule has 0 aliphatic carbocycles. The van der Waals surface area contributed by atoms with Gasteiger partial charge in [-0.05, 0) is 19.4 Å². The first-order valence-corrected chi connectivity index (χ1v) is 7.90. The molecule has 0 spiro atoms. The van der Waals surface area contributed by atoms with Crippen LogP contribution in [0.25, 0.3) is 4.96 Å². The van der Waals surface area contributed by atoms with Crippen molar-refractivity contribution in [1.82, 2.24) is 14.6 Å². The second kappa shape index (κ2) is 6.29. The van der Waals surface area contributed by atoms with Crippen LogP contribution in [0.15, 0.2) is 35.1 Å². The number of nitrogens with zero attached hydrogens (tertiary/aromatic N) is 3. The highest BCUT2D eigenvalue weighted by atomic mass is 32.1. The fourth-order valence-electron chi connectivity index (χ4n) is 2.08. The van der Waals surface area contributed by atoms with Gasteiger partial charge in [-0.25, -0.2) is 4.98 Å². The number of ether oxygens (including phenoxy) is 1. The number of aryl methyl sites for hydroxylation is 2. The molecule has 0 bridgehead atoms. The van der Waals surface area contributed by atoms with Gasteiger partial charge in [0, 0.05) is 11.8 Å². The molecule has 3 rings (SSSR count). The van der Waals surface area contributed by atoms with E-state index in [4.69, 9.17) is 4.74 Å². The monoisotopic (exact) mass is 329 g/mol. The number of esters is 1. The predicted octanol–water partition coefficient (Wildman–Crippen LogP) is 2.05.